The summed E-state index contributed by atoms with van der Waals surface area (Å²) in [6, 6.07) is 9.77. The van der Waals surface area contributed by atoms with Crippen LogP contribution in [0.25, 0.3) is 0 Å². The highest BCUT2D eigenvalue weighted by Crippen LogP contribution is 2.37. The van der Waals surface area contributed by atoms with E-state index < -0.39 is 5.60 Å². The molecular weight excluding hydrogens is 356 g/mol. The van der Waals surface area contributed by atoms with Crippen molar-refractivity contribution < 1.29 is 5.11 Å². The zero-order valence-electron chi connectivity index (χ0n) is 13.3. The van der Waals surface area contributed by atoms with E-state index in [0.29, 0.717) is 13.0 Å². The second kappa shape index (κ2) is 6.09. The van der Waals surface area contributed by atoms with Crippen LogP contribution in [0, 0.1) is 0 Å². The maximum absolute atomic E-state index is 11.1. The molecule has 1 aromatic heterocycles. The predicted molar refractivity (Wildman–Crippen MR) is 95.4 cm³/mol. The molecule has 6 heteroatoms. The molecule has 0 aliphatic carbocycles. The number of rotatable bonds is 3. The minimum atomic E-state index is -0.891. The van der Waals surface area contributed by atoms with Crippen molar-refractivity contribution in [1.82, 2.24) is 9.97 Å². The summed E-state index contributed by atoms with van der Waals surface area (Å²) in [4.78, 5) is 10.7. The van der Waals surface area contributed by atoms with Gasteiger partial charge in [-0.1, -0.05) is 48.0 Å². The van der Waals surface area contributed by atoms with Crippen LogP contribution >= 0.6 is 15.9 Å². The van der Waals surface area contributed by atoms with Crippen molar-refractivity contribution in [1.29, 1.82) is 0 Å². The number of aliphatic hydroxyl groups is 1. The molecule has 0 amide bonds. The third-order valence-corrected chi connectivity index (χ3v) is 4.98. The molecule has 23 heavy (non-hydrogen) atoms. The van der Waals surface area contributed by atoms with Gasteiger partial charge in [0.05, 0.1) is 12.2 Å². The van der Waals surface area contributed by atoms with E-state index in [9.17, 15) is 5.11 Å². The van der Waals surface area contributed by atoms with Gasteiger partial charge in [-0.15, -0.1) is 0 Å². The van der Waals surface area contributed by atoms with E-state index in [-0.39, 0.29) is 11.9 Å². The Hall–Kier alpha value is -1.66. The van der Waals surface area contributed by atoms with E-state index in [1.807, 2.05) is 30.3 Å². The van der Waals surface area contributed by atoms with Crippen molar-refractivity contribution >= 4 is 27.7 Å². The molecule has 1 aliphatic heterocycles. The number of anilines is 2. The van der Waals surface area contributed by atoms with Gasteiger partial charge in [0.25, 0.3) is 0 Å². The van der Waals surface area contributed by atoms with Crippen LogP contribution in [0.3, 0.4) is 0 Å². The van der Waals surface area contributed by atoms with Crippen molar-refractivity contribution in [2.75, 3.05) is 23.7 Å². The van der Waals surface area contributed by atoms with Gasteiger partial charge in [-0.3, -0.25) is 0 Å². The largest absolute Gasteiger partial charge is 0.383 e. The van der Waals surface area contributed by atoms with Crippen molar-refractivity contribution in [3.8, 4) is 0 Å². The number of benzene rings is 1. The molecule has 0 saturated carbocycles. The van der Waals surface area contributed by atoms with Crippen LogP contribution < -0.4 is 10.6 Å². The number of nitrogen functional groups attached to an aromatic ring is 1. The van der Waals surface area contributed by atoms with Gasteiger partial charge in [-0.2, -0.15) is 4.98 Å². The lowest BCUT2D eigenvalue weighted by atomic mass is 9.93. The average molecular weight is 377 g/mol. The normalized spacial score (nSPS) is 21.2. The quantitative estimate of drug-likeness (QED) is 0.860. The molecule has 3 rings (SSSR count). The Bertz CT molecular complexity index is 721. The SMILES string of the molecule is CC(C)c1cc(N2CCC(O)(c3ccccc3Br)C2)nc(N)n1. The third kappa shape index (κ3) is 3.19. The number of nitrogens with two attached hydrogens (primary N) is 1. The van der Waals surface area contributed by atoms with Gasteiger partial charge in [0, 0.05) is 17.1 Å². The van der Waals surface area contributed by atoms with Gasteiger partial charge in [-0.25, -0.2) is 4.98 Å². The lowest BCUT2D eigenvalue weighted by Gasteiger charge is -2.25. The molecule has 5 nitrogen and oxygen atoms in total. The van der Waals surface area contributed by atoms with Gasteiger partial charge in [0.1, 0.15) is 11.4 Å². The maximum Gasteiger partial charge on any atom is 0.222 e. The zero-order valence-corrected chi connectivity index (χ0v) is 14.9. The summed E-state index contributed by atoms with van der Waals surface area (Å²) in [6.07, 6.45) is 0.649. The van der Waals surface area contributed by atoms with Gasteiger partial charge in [-0.05, 0) is 24.0 Å². The van der Waals surface area contributed by atoms with E-state index in [2.05, 4.69) is 44.6 Å². The summed E-state index contributed by atoms with van der Waals surface area (Å²) in [5.41, 5.74) is 6.79. The van der Waals surface area contributed by atoms with E-state index in [1.165, 1.54) is 0 Å². The lowest BCUT2D eigenvalue weighted by Crippen LogP contribution is -2.31. The minimum Gasteiger partial charge on any atom is -0.383 e. The topological polar surface area (TPSA) is 75.3 Å². The fourth-order valence-corrected chi connectivity index (χ4v) is 3.63. The fraction of sp³-hybridized carbons (Fsp3) is 0.412. The molecule has 3 N–H and O–H groups in total. The second-order valence-electron chi connectivity index (χ2n) is 6.35. The van der Waals surface area contributed by atoms with Gasteiger partial charge in [0.2, 0.25) is 5.95 Å². The first-order chi connectivity index (χ1) is 10.9. The van der Waals surface area contributed by atoms with E-state index in [1.54, 1.807) is 0 Å². The zero-order chi connectivity index (χ0) is 16.6. The standard InChI is InChI=1S/C17H21BrN4O/c1-11(2)14-9-15(21-16(19)20-14)22-8-7-17(23,10-22)12-5-3-4-6-13(12)18/h3-6,9,11,23H,7-8,10H2,1-2H3,(H2,19,20,21). The highest BCUT2D eigenvalue weighted by Gasteiger charge is 2.39. The number of β-amino-alcohol motifs (C(OH)–C–C–N with tert-alkyl or cyclic N) is 1. The Morgan fingerprint density at radius 2 is 2.04 bits per heavy atom. The number of hydrogen-bond acceptors (Lipinski definition) is 5. The smallest absolute Gasteiger partial charge is 0.222 e. The lowest BCUT2D eigenvalue weighted by molar-refractivity contribution is 0.0599. The molecular formula is C17H21BrN4O. The molecule has 0 radical (unpaired) electrons. The number of nitrogens with zero attached hydrogens (tertiary/aromatic N) is 3. The Morgan fingerprint density at radius 3 is 2.74 bits per heavy atom. The van der Waals surface area contributed by atoms with E-state index in [0.717, 1.165) is 28.1 Å². The number of hydrogen-bond donors (Lipinski definition) is 2. The maximum atomic E-state index is 11.1. The van der Waals surface area contributed by atoms with E-state index >= 15 is 0 Å². The molecule has 0 bridgehead atoms. The number of aromatic nitrogens is 2. The van der Waals surface area contributed by atoms with Crippen molar-refractivity contribution in [3.05, 3.63) is 46.1 Å². The van der Waals surface area contributed by atoms with Crippen LogP contribution in [0.1, 0.15) is 37.4 Å². The molecule has 1 unspecified atom stereocenters. The first kappa shape index (κ1) is 16.2. The monoisotopic (exact) mass is 376 g/mol. The molecule has 1 atom stereocenters. The Labute approximate surface area is 144 Å². The van der Waals surface area contributed by atoms with Gasteiger partial charge >= 0.3 is 0 Å². The van der Waals surface area contributed by atoms with Crippen LogP contribution in [-0.2, 0) is 5.60 Å². The van der Waals surface area contributed by atoms with Crippen LogP contribution in [0.4, 0.5) is 11.8 Å². The first-order valence-electron chi connectivity index (χ1n) is 7.76. The summed E-state index contributed by atoms with van der Waals surface area (Å²) >= 11 is 3.54. The van der Waals surface area contributed by atoms with Crippen LogP contribution in [-0.4, -0.2) is 28.2 Å². The summed E-state index contributed by atoms with van der Waals surface area (Å²) in [5.74, 6) is 1.34. The van der Waals surface area contributed by atoms with Crippen molar-refractivity contribution in [3.63, 3.8) is 0 Å². The highest BCUT2D eigenvalue weighted by molar-refractivity contribution is 9.10. The third-order valence-electron chi connectivity index (χ3n) is 4.29. The average Bonchev–Trinajstić information content (AvgIpc) is 2.90. The molecule has 1 fully saturated rings. The predicted octanol–water partition coefficient (Wildman–Crippen LogP) is 3.04. The van der Waals surface area contributed by atoms with Crippen LogP contribution in [0.15, 0.2) is 34.8 Å². The highest BCUT2D eigenvalue weighted by atomic mass is 79.9. The number of halogens is 1. The summed E-state index contributed by atoms with van der Waals surface area (Å²) in [6.45, 7) is 5.37. The summed E-state index contributed by atoms with van der Waals surface area (Å²) < 4.78 is 0.925. The molecule has 1 saturated heterocycles. The molecule has 0 spiro atoms. The second-order valence-corrected chi connectivity index (χ2v) is 7.20. The molecule has 2 heterocycles. The molecule has 1 aromatic carbocycles. The molecule has 1 aliphatic rings. The van der Waals surface area contributed by atoms with Crippen molar-refractivity contribution in [2.24, 2.45) is 0 Å². The van der Waals surface area contributed by atoms with Crippen LogP contribution in [0.2, 0.25) is 0 Å². The minimum absolute atomic E-state index is 0.280. The summed E-state index contributed by atoms with van der Waals surface area (Å²) in [7, 11) is 0. The van der Waals surface area contributed by atoms with Gasteiger partial charge < -0.3 is 15.7 Å². The van der Waals surface area contributed by atoms with Crippen molar-refractivity contribution in [2.45, 2.75) is 31.8 Å². The summed E-state index contributed by atoms with van der Waals surface area (Å²) in [5, 5.41) is 11.1. The fourth-order valence-electron chi connectivity index (χ4n) is 2.98. The molecule has 2 aromatic rings. The Morgan fingerprint density at radius 1 is 1.30 bits per heavy atom. The first-order valence-corrected chi connectivity index (χ1v) is 8.55. The Balaban J connectivity index is 1.89. The van der Waals surface area contributed by atoms with Crippen LogP contribution in [0.5, 0.6) is 0 Å². The van der Waals surface area contributed by atoms with E-state index in [4.69, 9.17) is 5.73 Å². The Kier molecular flexibility index (Phi) is 4.29. The molecule has 122 valence electrons. The van der Waals surface area contributed by atoms with Gasteiger partial charge in [0.15, 0.2) is 0 Å².